The van der Waals surface area contributed by atoms with Gasteiger partial charge in [-0.3, -0.25) is 0 Å². The number of nitriles is 1. The molecule has 2 rings (SSSR count). The molecule has 1 aromatic rings. The van der Waals surface area contributed by atoms with Crippen LogP contribution >= 0.6 is 0 Å². The highest BCUT2D eigenvalue weighted by Crippen LogP contribution is 2.23. The lowest BCUT2D eigenvalue weighted by Crippen LogP contribution is -2.37. The number of rotatable bonds is 3. The Morgan fingerprint density at radius 1 is 1.47 bits per heavy atom. The van der Waals surface area contributed by atoms with Crippen molar-refractivity contribution in [2.75, 3.05) is 0 Å². The third-order valence-corrected chi connectivity index (χ3v) is 3.08. The van der Waals surface area contributed by atoms with E-state index in [0.29, 0.717) is 6.04 Å². The largest absolute Gasteiger partial charge is 0.472 e. The molecule has 0 amide bonds. The zero-order chi connectivity index (χ0) is 10.5. The Morgan fingerprint density at radius 2 is 2.33 bits per heavy atom. The fraction of sp³-hybridized carbons (Fsp3) is 0.583. The zero-order valence-corrected chi connectivity index (χ0v) is 8.78. The lowest BCUT2D eigenvalue weighted by molar-refractivity contribution is 0.311. The lowest BCUT2D eigenvalue weighted by atomic mass is 9.85. The molecule has 1 saturated carbocycles. The molecule has 1 N–H and O–H groups in total. The van der Waals surface area contributed by atoms with E-state index < -0.39 is 0 Å². The van der Waals surface area contributed by atoms with Gasteiger partial charge in [-0.25, -0.2) is 0 Å². The average molecular weight is 204 g/mol. The van der Waals surface area contributed by atoms with Crippen LogP contribution in [0.15, 0.2) is 23.0 Å². The number of hydrogen-bond acceptors (Lipinski definition) is 3. The molecular weight excluding hydrogens is 188 g/mol. The Hall–Kier alpha value is -1.27. The van der Waals surface area contributed by atoms with Crippen LogP contribution in [0.25, 0.3) is 0 Å². The van der Waals surface area contributed by atoms with Gasteiger partial charge in [-0.05, 0) is 18.9 Å². The van der Waals surface area contributed by atoms with Crippen molar-refractivity contribution in [3.63, 3.8) is 0 Å². The van der Waals surface area contributed by atoms with Crippen LogP contribution < -0.4 is 5.32 Å². The first-order valence-electron chi connectivity index (χ1n) is 5.54. The maximum atomic E-state index is 9.01. The molecular formula is C12H16N2O. The van der Waals surface area contributed by atoms with E-state index in [4.69, 9.17) is 9.68 Å². The SMILES string of the molecule is N#CC1CCCCC1NCc1ccoc1. The second-order valence-corrected chi connectivity index (χ2v) is 4.14. The number of hydrogen-bond donors (Lipinski definition) is 1. The van der Waals surface area contributed by atoms with Gasteiger partial charge in [0, 0.05) is 18.2 Å². The van der Waals surface area contributed by atoms with E-state index >= 15 is 0 Å². The second kappa shape index (κ2) is 4.99. The molecule has 2 atom stereocenters. The first kappa shape index (κ1) is 10.3. The molecule has 0 saturated heterocycles. The van der Waals surface area contributed by atoms with Crippen molar-refractivity contribution in [2.45, 2.75) is 38.3 Å². The van der Waals surface area contributed by atoms with Gasteiger partial charge in [0.15, 0.2) is 0 Å². The predicted molar refractivity (Wildman–Crippen MR) is 56.9 cm³/mol. The Labute approximate surface area is 90.1 Å². The average Bonchev–Trinajstić information content (AvgIpc) is 2.79. The minimum absolute atomic E-state index is 0.186. The molecule has 80 valence electrons. The van der Waals surface area contributed by atoms with E-state index in [1.807, 2.05) is 6.07 Å². The van der Waals surface area contributed by atoms with Crippen LogP contribution in [-0.2, 0) is 6.54 Å². The molecule has 1 fully saturated rings. The summed E-state index contributed by atoms with van der Waals surface area (Å²) in [6, 6.07) is 4.71. The van der Waals surface area contributed by atoms with E-state index in [9.17, 15) is 0 Å². The molecule has 1 aromatic heterocycles. The van der Waals surface area contributed by atoms with Crippen LogP contribution in [0.1, 0.15) is 31.2 Å². The van der Waals surface area contributed by atoms with Gasteiger partial charge >= 0.3 is 0 Å². The van der Waals surface area contributed by atoms with Gasteiger partial charge in [0.05, 0.1) is 24.5 Å². The van der Waals surface area contributed by atoms with E-state index in [2.05, 4.69) is 11.4 Å². The van der Waals surface area contributed by atoms with Crippen molar-refractivity contribution in [3.8, 4) is 6.07 Å². The van der Waals surface area contributed by atoms with Gasteiger partial charge in [-0.15, -0.1) is 0 Å². The van der Waals surface area contributed by atoms with Crippen molar-refractivity contribution in [1.29, 1.82) is 5.26 Å². The summed E-state index contributed by atoms with van der Waals surface area (Å²) in [7, 11) is 0. The van der Waals surface area contributed by atoms with E-state index in [0.717, 1.165) is 24.9 Å². The summed E-state index contributed by atoms with van der Waals surface area (Å²) < 4.78 is 5.00. The lowest BCUT2D eigenvalue weighted by Gasteiger charge is -2.27. The van der Waals surface area contributed by atoms with E-state index in [1.54, 1.807) is 12.5 Å². The zero-order valence-electron chi connectivity index (χ0n) is 8.78. The van der Waals surface area contributed by atoms with Crippen LogP contribution in [0.4, 0.5) is 0 Å². The normalized spacial score (nSPS) is 26.1. The van der Waals surface area contributed by atoms with Crippen LogP contribution in [-0.4, -0.2) is 6.04 Å². The van der Waals surface area contributed by atoms with Crippen molar-refractivity contribution in [1.82, 2.24) is 5.32 Å². The number of furan rings is 1. The molecule has 0 aromatic carbocycles. The Balaban J connectivity index is 1.85. The van der Waals surface area contributed by atoms with Gasteiger partial charge in [-0.2, -0.15) is 5.26 Å². The maximum absolute atomic E-state index is 9.01. The smallest absolute Gasteiger partial charge is 0.0947 e. The molecule has 1 aliphatic rings. The van der Waals surface area contributed by atoms with Gasteiger partial charge in [0.25, 0.3) is 0 Å². The number of nitrogens with one attached hydrogen (secondary N) is 1. The third-order valence-electron chi connectivity index (χ3n) is 3.08. The van der Waals surface area contributed by atoms with Crippen molar-refractivity contribution in [3.05, 3.63) is 24.2 Å². The van der Waals surface area contributed by atoms with Gasteiger partial charge < -0.3 is 9.73 Å². The fourth-order valence-electron chi connectivity index (χ4n) is 2.17. The van der Waals surface area contributed by atoms with Crippen LogP contribution in [0, 0.1) is 17.2 Å². The monoisotopic (exact) mass is 204 g/mol. The van der Waals surface area contributed by atoms with Crippen LogP contribution in [0.3, 0.4) is 0 Å². The molecule has 3 nitrogen and oxygen atoms in total. The quantitative estimate of drug-likeness (QED) is 0.822. The van der Waals surface area contributed by atoms with Crippen molar-refractivity contribution >= 4 is 0 Å². The third kappa shape index (κ3) is 2.60. The van der Waals surface area contributed by atoms with Gasteiger partial charge in [0.2, 0.25) is 0 Å². The van der Waals surface area contributed by atoms with Gasteiger partial charge in [-0.1, -0.05) is 12.8 Å². The molecule has 2 unspecified atom stereocenters. The molecule has 1 aliphatic carbocycles. The predicted octanol–water partition coefficient (Wildman–Crippen LogP) is 2.45. The summed E-state index contributed by atoms with van der Waals surface area (Å²) >= 11 is 0. The summed E-state index contributed by atoms with van der Waals surface area (Å²) in [4.78, 5) is 0. The summed E-state index contributed by atoms with van der Waals surface area (Å²) in [5.74, 6) is 0.186. The van der Waals surface area contributed by atoms with Crippen LogP contribution in [0.2, 0.25) is 0 Å². The maximum Gasteiger partial charge on any atom is 0.0947 e. The summed E-state index contributed by atoms with van der Waals surface area (Å²) in [6.07, 6.45) is 8.02. The van der Waals surface area contributed by atoms with E-state index in [1.165, 1.54) is 12.8 Å². The highest BCUT2D eigenvalue weighted by atomic mass is 16.3. The Morgan fingerprint density at radius 3 is 3.07 bits per heavy atom. The molecule has 1 heterocycles. The highest BCUT2D eigenvalue weighted by molar-refractivity contribution is 5.05. The Kier molecular flexibility index (Phi) is 3.41. The minimum atomic E-state index is 0.186. The topological polar surface area (TPSA) is 49.0 Å². The van der Waals surface area contributed by atoms with Crippen molar-refractivity contribution < 1.29 is 4.42 Å². The first-order chi connectivity index (χ1) is 7.40. The second-order valence-electron chi connectivity index (χ2n) is 4.14. The standard InChI is InChI=1S/C12H16N2O/c13-7-11-3-1-2-4-12(11)14-8-10-5-6-15-9-10/h5-6,9,11-12,14H,1-4,8H2. The first-order valence-corrected chi connectivity index (χ1v) is 5.54. The molecule has 0 spiro atoms. The fourth-order valence-corrected chi connectivity index (χ4v) is 2.17. The molecule has 3 heteroatoms. The van der Waals surface area contributed by atoms with Crippen molar-refractivity contribution in [2.24, 2.45) is 5.92 Å². The van der Waals surface area contributed by atoms with Gasteiger partial charge in [0.1, 0.15) is 0 Å². The molecule has 0 radical (unpaired) electrons. The molecule has 0 aliphatic heterocycles. The minimum Gasteiger partial charge on any atom is -0.472 e. The number of nitrogens with zero attached hydrogens (tertiary/aromatic N) is 1. The van der Waals surface area contributed by atoms with Crippen LogP contribution in [0.5, 0.6) is 0 Å². The highest BCUT2D eigenvalue weighted by Gasteiger charge is 2.24. The summed E-state index contributed by atoms with van der Waals surface area (Å²) in [5.41, 5.74) is 1.15. The molecule has 15 heavy (non-hydrogen) atoms. The van der Waals surface area contributed by atoms with E-state index in [-0.39, 0.29) is 5.92 Å². The summed E-state index contributed by atoms with van der Waals surface area (Å²) in [6.45, 7) is 0.805. The summed E-state index contributed by atoms with van der Waals surface area (Å²) in [5, 5.41) is 12.5. The molecule has 0 bridgehead atoms. The Bertz CT molecular complexity index is 326.